The van der Waals surface area contributed by atoms with Crippen LogP contribution in [-0.2, 0) is 16.1 Å². The fourth-order valence-corrected chi connectivity index (χ4v) is 3.95. The lowest BCUT2D eigenvalue weighted by Crippen LogP contribution is -1.99. The van der Waals surface area contributed by atoms with Gasteiger partial charge in [-0.2, -0.15) is 0 Å². The van der Waals surface area contributed by atoms with Crippen LogP contribution in [0.25, 0.3) is 22.6 Å². The molecule has 0 aliphatic carbocycles. The molecule has 0 aromatic heterocycles. The Labute approximate surface area is 203 Å². The first-order chi connectivity index (χ1) is 17.1. The Morgan fingerprint density at radius 1 is 0.800 bits per heavy atom. The van der Waals surface area contributed by atoms with Gasteiger partial charge < -0.3 is 18.9 Å². The van der Waals surface area contributed by atoms with Gasteiger partial charge in [-0.1, -0.05) is 42.5 Å². The van der Waals surface area contributed by atoms with Crippen molar-refractivity contribution < 1.29 is 23.7 Å². The summed E-state index contributed by atoms with van der Waals surface area (Å²) in [6.45, 7) is 0.419. The number of benzene rings is 4. The monoisotopic (exact) mass is 464 g/mol. The molecule has 5 rings (SSSR count). The van der Waals surface area contributed by atoms with Crippen LogP contribution in [0.4, 0.5) is 0 Å². The molecule has 0 amide bonds. The van der Waals surface area contributed by atoms with E-state index in [1.54, 1.807) is 26.4 Å². The lowest BCUT2D eigenvalue weighted by atomic mass is 10.1. The molecule has 0 N–H and O–H groups in total. The largest absolute Gasteiger partial charge is 0.497 e. The Bertz CT molecular complexity index is 1450. The summed E-state index contributed by atoms with van der Waals surface area (Å²) < 4.78 is 22.2. The molecule has 5 nitrogen and oxygen atoms in total. The topological polar surface area (TPSA) is 54.0 Å². The second kappa shape index (κ2) is 9.77. The minimum absolute atomic E-state index is 0.397. The van der Waals surface area contributed by atoms with Crippen molar-refractivity contribution in [3.8, 4) is 17.2 Å². The van der Waals surface area contributed by atoms with Crippen LogP contribution >= 0.6 is 0 Å². The van der Waals surface area contributed by atoms with Gasteiger partial charge in [-0.3, -0.25) is 0 Å². The number of cyclic esters (lactones) is 1. The number of carbonyl (C=O) groups is 1. The minimum Gasteiger partial charge on any atom is -0.497 e. The van der Waals surface area contributed by atoms with Gasteiger partial charge in [0.05, 0.1) is 19.8 Å². The molecular formula is C30H24O5. The summed E-state index contributed by atoms with van der Waals surface area (Å²) in [7, 11) is 3.21. The van der Waals surface area contributed by atoms with Crippen molar-refractivity contribution in [3.05, 3.63) is 113 Å². The zero-order chi connectivity index (χ0) is 24.2. The van der Waals surface area contributed by atoms with E-state index in [0.717, 1.165) is 22.4 Å². The molecule has 0 atom stereocenters. The van der Waals surface area contributed by atoms with E-state index in [-0.39, 0.29) is 0 Å². The van der Waals surface area contributed by atoms with Crippen LogP contribution in [-0.4, -0.2) is 20.2 Å². The van der Waals surface area contributed by atoms with Crippen LogP contribution in [0.3, 0.4) is 0 Å². The van der Waals surface area contributed by atoms with Gasteiger partial charge in [0.15, 0.2) is 11.5 Å². The zero-order valence-corrected chi connectivity index (χ0v) is 19.5. The van der Waals surface area contributed by atoms with Crippen molar-refractivity contribution in [2.75, 3.05) is 14.2 Å². The van der Waals surface area contributed by atoms with Gasteiger partial charge in [-0.05, 0) is 76.5 Å². The zero-order valence-electron chi connectivity index (χ0n) is 19.5. The summed E-state index contributed by atoms with van der Waals surface area (Å²) in [5.74, 6) is 2.07. The van der Waals surface area contributed by atoms with Crippen LogP contribution in [0.5, 0.6) is 17.2 Å². The van der Waals surface area contributed by atoms with Gasteiger partial charge in [0.25, 0.3) is 0 Å². The highest BCUT2D eigenvalue weighted by Crippen LogP contribution is 2.32. The first-order valence-corrected chi connectivity index (χ1v) is 11.2. The van der Waals surface area contributed by atoms with Gasteiger partial charge in [0, 0.05) is 5.56 Å². The minimum atomic E-state index is -0.397. The number of hydrogen-bond acceptors (Lipinski definition) is 5. The van der Waals surface area contributed by atoms with Crippen LogP contribution in [0.2, 0.25) is 0 Å². The fourth-order valence-electron chi connectivity index (χ4n) is 3.95. The van der Waals surface area contributed by atoms with E-state index in [1.807, 2.05) is 54.6 Å². The number of rotatable bonds is 7. The van der Waals surface area contributed by atoms with Crippen molar-refractivity contribution in [2.45, 2.75) is 6.61 Å². The van der Waals surface area contributed by atoms with Crippen molar-refractivity contribution in [1.29, 1.82) is 0 Å². The molecule has 1 aliphatic rings. The third-order valence-corrected chi connectivity index (χ3v) is 5.82. The summed E-state index contributed by atoms with van der Waals surface area (Å²) >= 11 is 0. The predicted molar refractivity (Wildman–Crippen MR) is 136 cm³/mol. The molecule has 1 heterocycles. The van der Waals surface area contributed by atoms with Crippen molar-refractivity contribution in [2.24, 2.45) is 0 Å². The maximum Gasteiger partial charge on any atom is 0.343 e. The third-order valence-electron chi connectivity index (χ3n) is 5.82. The number of ether oxygens (including phenoxy) is 4. The highest BCUT2D eigenvalue weighted by Gasteiger charge is 2.22. The first kappa shape index (κ1) is 22.3. The third kappa shape index (κ3) is 4.89. The summed E-state index contributed by atoms with van der Waals surface area (Å²) in [6.07, 6.45) is 3.51. The molecule has 5 heteroatoms. The molecule has 0 saturated heterocycles. The molecule has 0 fully saturated rings. The van der Waals surface area contributed by atoms with Crippen LogP contribution in [0, 0.1) is 0 Å². The molecule has 0 saturated carbocycles. The van der Waals surface area contributed by atoms with Gasteiger partial charge in [-0.25, -0.2) is 4.79 Å². The molecule has 0 spiro atoms. The lowest BCUT2D eigenvalue weighted by Gasteiger charge is -2.12. The first-order valence-electron chi connectivity index (χ1n) is 11.2. The smallest absolute Gasteiger partial charge is 0.343 e. The van der Waals surface area contributed by atoms with Crippen molar-refractivity contribution >= 4 is 28.6 Å². The molecular weight excluding hydrogens is 440 g/mol. The predicted octanol–water partition coefficient (Wildman–Crippen LogP) is 6.42. The maximum absolute atomic E-state index is 12.4. The second-order valence-corrected chi connectivity index (χ2v) is 8.11. The molecule has 35 heavy (non-hydrogen) atoms. The van der Waals surface area contributed by atoms with Crippen LogP contribution < -0.4 is 14.2 Å². The Hall–Kier alpha value is -4.51. The van der Waals surface area contributed by atoms with E-state index in [1.165, 1.54) is 10.8 Å². The number of carbonyl (C=O) groups excluding carboxylic acids is 1. The summed E-state index contributed by atoms with van der Waals surface area (Å²) in [4.78, 5) is 12.4. The number of methoxy groups -OCH3 is 2. The van der Waals surface area contributed by atoms with E-state index in [2.05, 4.69) is 30.3 Å². The van der Waals surface area contributed by atoms with Crippen LogP contribution in [0.1, 0.15) is 16.7 Å². The SMILES string of the molecule is COc1ccc(C2=CC(=Cc3ccc(OCc4ccc5ccccc5c4)c(OC)c3)C(=O)O2)cc1. The second-order valence-electron chi connectivity index (χ2n) is 8.11. The normalized spacial score (nSPS) is 14.1. The highest BCUT2D eigenvalue weighted by atomic mass is 16.5. The average molecular weight is 465 g/mol. The standard InChI is InChI=1S/C30H24O5/c1-32-26-12-10-23(11-13-26)28-18-25(30(31)35-28)15-20-8-14-27(29(17-20)33-2)34-19-21-7-9-22-5-3-4-6-24(22)16-21/h3-18H,19H2,1-2H3. The Morgan fingerprint density at radius 3 is 2.37 bits per heavy atom. The Balaban J connectivity index is 1.33. The lowest BCUT2D eigenvalue weighted by molar-refractivity contribution is -0.130. The molecule has 0 unspecified atom stereocenters. The van der Waals surface area contributed by atoms with E-state index in [0.29, 0.717) is 29.4 Å². The Morgan fingerprint density at radius 2 is 1.60 bits per heavy atom. The van der Waals surface area contributed by atoms with Gasteiger partial charge in [0.1, 0.15) is 18.1 Å². The molecule has 0 radical (unpaired) electrons. The van der Waals surface area contributed by atoms with E-state index in [4.69, 9.17) is 18.9 Å². The van der Waals surface area contributed by atoms with Gasteiger partial charge >= 0.3 is 5.97 Å². The molecule has 4 aromatic rings. The van der Waals surface area contributed by atoms with Crippen LogP contribution in [0.15, 0.2) is 96.6 Å². The van der Waals surface area contributed by atoms with Crippen molar-refractivity contribution in [1.82, 2.24) is 0 Å². The molecule has 4 aromatic carbocycles. The quantitative estimate of drug-likeness (QED) is 0.233. The Kier molecular flexibility index (Phi) is 6.22. The molecule has 0 bridgehead atoms. The molecule has 1 aliphatic heterocycles. The van der Waals surface area contributed by atoms with E-state index in [9.17, 15) is 4.79 Å². The number of esters is 1. The summed E-state index contributed by atoms with van der Waals surface area (Å²) in [5.41, 5.74) is 3.14. The summed E-state index contributed by atoms with van der Waals surface area (Å²) in [5, 5.41) is 2.37. The summed E-state index contributed by atoms with van der Waals surface area (Å²) in [6, 6.07) is 27.4. The van der Waals surface area contributed by atoms with Gasteiger partial charge in [0.2, 0.25) is 0 Å². The molecule has 174 valence electrons. The number of hydrogen-bond donors (Lipinski definition) is 0. The maximum atomic E-state index is 12.4. The fraction of sp³-hybridized carbons (Fsp3) is 0.100. The van der Waals surface area contributed by atoms with Gasteiger partial charge in [-0.15, -0.1) is 0 Å². The average Bonchev–Trinajstić information content (AvgIpc) is 3.27. The van der Waals surface area contributed by atoms with Crippen molar-refractivity contribution in [3.63, 3.8) is 0 Å². The highest BCUT2D eigenvalue weighted by molar-refractivity contribution is 6.05. The van der Waals surface area contributed by atoms with E-state index >= 15 is 0 Å². The van der Waals surface area contributed by atoms with E-state index < -0.39 is 5.97 Å². The number of fused-ring (bicyclic) bond motifs is 1.